The Hall–Kier alpha value is -6.11. The number of amides is 7. The van der Waals surface area contributed by atoms with Crippen molar-refractivity contribution >= 4 is 53.1 Å². The van der Waals surface area contributed by atoms with Crippen LogP contribution in [0.2, 0.25) is 0 Å². The molecule has 76 heavy (non-hydrogen) atoms. The molecular weight excluding hydrogens is 973 g/mol. The second-order valence-corrected chi connectivity index (χ2v) is 23.9. The van der Waals surface area contributed by atoms with Gasteiger partial charge in [0.05, 0.1) is 23.5 Å². The number of anilines is 2. The summed E-state index contributed by atoms with van der Waals surface area (Å²) in [4.78, 5) is 102. The zero-order valence-electron chi connectivity index (χ0n) is 47.4. The molecule has 3 N–H and O–H groups in total. The maximum absolute atomic E-state index is 14.2. The molecule has 0 bridgehead atoms. The molecule has 2 aromatic carbocycles. The molecule has 4 heterocycles. The minimum Gasteiger partial charge on any atom is -0.475 e. The van der Waals surface area contributed by atoms with Crippen LogP contribution >= 0.6 is 0 Å². The van der Waals surface area contributed by atoms with Crippen molar-refractivity contribution in [1.29, 1.82) is 0 Å². The van der Waals surface area contributed by atoms with Crippen molar-refractivity contribution in [2.24, 2.45) is 5.73 Å². The Kier molecular flexibility index (Phi) is 17.0. The summed E-state index contributed by atoms with van der Waals surface area (Å²) in [5, 5.41) is 2.84. The Morgan fingerprint density at radius 1 is 0.684 bits per heavy atom. The van der Waals surface area contributed by atoms with Crippen molar-refractivity contribution in [3.63, 3.8) is 0 Å². The highest BCUT2D eigenvalue weighted by Crippen LogP contribution is 2.51. The van der Waals surface area contributed by atoms with Gasteiger partial charge in [-0.3, -0.25) is 24.0 Å². The van der Waals surface area contributed by atoms with Gasteiger partial charge in [-0.2, -0.15) is 0 Å². The van der Waals surface area contributed by atoms with Crippen LogP contribution in [-0.2, 0) is 23.9 Å². The van der Waals surface area contributed by atoms with E-state index < -0.39 is 22.4 Å². The van der Waals surface area contributed by atoms with Crippen LogP contribution in [0.15, 0.2) is 24.3 Å². The number of hydrogen-bond acceptors (Lipinski definition) is 12. The van der Waals surface area contributed by atoms with Gasteiger partial charge in [0, 0.05) is 108 Å². The maximum Gasteiger partial charge on any atom is 0.410 e. The molecular formula is C57H84N8O11. The molecule has 4 fully saturated rings. The van der Waals surface area contributed by atoms with Crippen molar-refractivity contribution in [3.8, 4) is 11.5 Å². The first-order chi connectivity index (χ1) is 35.6. The fourth-order valence-electron chi connectivity index (χ4n) is 10.7. The first-order valence-corrected chi connectivity index (χ1v) is 27.5. The normalized spacial score (nSPS) is 20.2. The molecule has 7 amide bonds. The third-order valence-corrected chi connectivity index (χ3v) is 14.7. The number of rotatable bonds is 12. The average Bonchev–Trinajstić information content (AvgIpc) is 4.29. The van der Waals surface area contributed by atoms with E-state index in [2.05, 4.69) is 5.32 Å². The molecule has 2 atom stereocenters. The number of benzene rings is 2. The van der Waals surface area contributed by atoms with Gasteiger partial charge in [0.15, 0.2) is 11.2 Å². The van der Waals surface area contributed by atoms with Crippen molar-refractivity contribution in [1.82, 2.24) is 24.9 Å². The molecule has 0 unspecified atom stereocenters. The maximum atomic E-state index is 14.2. The highest BCUT2D eigenvalue weighted by Gasteiger charge is 2.59. The van der Waals surface area contributed by atoms with Gasteiger partial charge in [0.2, 0.25) is 5.91 Å². The predicted molar refractivity (Wildman–Crippen MR) is 289 cm³/mol. The summed E-state index contributed by atoms with van der Waals surface area (Å²) in [7, 11) is 0. The number of aryl methyl sites for hydroxylation is 2. The molecule has 2 aromatic rings. The number of likely N-dealkylation sites (tertiary alicyclic amines) is 2. The molecule has 2 saturated carbocycles. The first-order valence-electron chi connectivity index (χ1n) is 27.5. The standard InChI is InChI=1S/C30H44N4O6.C27H40N4O5/c1-8-25(35)31-13-15-33-23-17-22(20(4)16-24(23)39-30(11-12-30)27(33)37)26(36)34(19(2)3)21-10-9-14-32(18-21)28(38)40-29(5,6)7;1-17(2)31(19-8-7-12-29(16-19)25(34)36-26(4,5)6)23(32)20-15-21-22(14-18(20)3)35-27(9-10-27)24(33)30(21)13-11-28/h16-17,19,21H,8-15,18H2,1-7H3,(H,31,35);14-15,17,19H,7-13,16,28H2,1-6H3/t21-;19-/m11/s1. The molecule has 2 aliphatic carbocycles. The van der Waals surface area contributed by atoms with Crippen molar-refractivity contribution in [2.75, 3.05) is 62.2 Å². The predicted octanol–water partition coefficient (Wildman–Crippen LogP) is 7.49. The van der Waals surface area contributed by atoms with Gasteiger partial charge < -0.3 is 59.4 Å². The van der Waals surface area contributed by atoms with E-state index in [1.807, 2.05) is 105 Å². The van der Waals surface area contributed by atoms with Crippen LogP contribution in [-0.4, -0.2) is 160 Å². The summed E-state index contributed by atoms with van der Waals surface area (Å²) >= 11 is 0. The van der Waals surface area contributed by atoms with Crippen molar-refractivity contribution in [2.45, 2.75) is 194 Å². The Labute approximate surface area is 449 Å². The molecule has 6 aliphatic rings. The third kappa shape index (κ3) is 12.7. The zero-order chi connectivity index (χ0) is 55.8. The lowest BCUT2D eigenvalue weighted by Crippen LogP contribution is -2.54. The fourth-order valence-corrected chi connectivity index (χ4v) is 10.7. The second kappa shape index (κ2) is 22.5. The topological polar surface area (TPSA) is 214 Å². The van der Waals surface area contributed by atoms with E-state index in [-0.39, 0.29) is 65.9 Å². The molecule has 8 rings (SSSR count). The Balaban J connectivity index is 0.000000222. The molecule has 4 aliphatic heterocycles. The highest BCUT2D eigenvalue weighted by atomic mass is 16.6. The largest absolute Gasteiger partial charge is 0.475 e. The van der Waals surface area contributed by atoms with Crippen LogP contribution in [0.1, 0.15) is 166 Å². The summed E-state index contributed by atoms with van der Waals surface area (Å²) in [6.07, 6.45) is 5.49. The highest BCUT2D eigenvalue weighted by molar-refractivity contribution is 6.08. The molecule has 0 radical (unpaired) electrons. The lowest BCUT2D eigenvalue weighted by atomic mass is 9.98. The number of fused-ring (bicyclic) bond motifs is 2. The Morgan fingerprint density at radius 2 is 1.08 bits per heavy atom. The lowest BCUT2D eigenvalue weighted by molar-refractivity contribution is -0.128. The lowest BCUT2D eigenvalue weighted by Gasteiger charge is -2.42. The van der Waals surface area contributed by atoms with E-state index in [1.54, 1.807) is 38.7 Å². The van der Waals surface area contributed by atoms with Gasteiger partial charge in [0.1, 0.15) is 22.7 Å². The first kappa shape index (κ1) is 57.6. The van der Waals surface area contributed by atoms with Gasteiger partial charge in [-0.1, -0.05) is 6.92 Å². The number of nitrogens with two attached hydrogens (primary N) is 1. The summed E-state index contributed by atoms with van der Waals surface area (Å²) in [5.74, 6) is 0.648. The van der Waals surface area contributed by atoms with Crippen molar-refractivity contribution < 1.29 is 52.5 Å². The molecule has 19 heteroatoms. The molecule has 2 saturated heterocycles. The minimum absolute atomic E-state index is 0.0794. The monoisotopic (exact) mass is 1060 g/mol. The van der Waals surface area contributed by atoms with Gasteiger partial charge in [-0.15, -0.1) is 0 Å². The van der Waals surface area contributed by atoms with Crippen LogP contribution < -0.4 is 30.3 Å². The van der Waals surface area contributed by atoms with Crippen LogP contribution in [0.4, 0.5) is 21.0 Å². The molecule has 19 nitrogen and oxygen atoms in total. The Morgan fingerprint density at radius 3 is 1.42 bits per heavy atom. The number of ether oxygens (including phenoxy) is 4. The van der Waals surface area contributed by atoms with Crippen LogP contribution in [0.25, 0.3) is 0 Å². The van der Waals surface area contributed by atoms with E-state index in [0.717, 1.165) is 36.8 Å². The van der Waals surface area contributed by atoms with E-state index in [0.29, 0.717) is 118 Å². The minimum atomic E-state index is -0.836. The smallest absolute Gasteiger partial charge is 0.410 e. The van der Waals surface area contributed by atoms with Gasteiger partial charge >= 0.3 is 12.2 Å². The molecule has 418 valence electrons. The van der Waals surface area contributed by atoms with Gasteiger partial charge in [0.25, 0.3) is 23.6 Å². The summed E-state index contributed by atoms with van der Waals surface area (Å²) < 4.78 is 23.5. The number of nitrogens with one attached hydrogen (secondary N) is 1. The van der Waals surface area contributed by atoms with Crippen LogP contribution in [0, 0.1) is 13.8 Å². The zero-order valence-corrected chi connectivity index (χ0v) is 47.4. The number of hydrogen-bond donors (Lipinski definition) is 2. The second-order valence-electron chi connectivity index (χ2n) is 23.9. The van der Waals surface area contributed by atoms with E-state index in [4.69, 9.17) is 24.7 Å². The number of carbonyl (C=O) groups is 7. The van der Waals surface area contributed by atoms with Crippen LogP contribution in [0.3, 0.4) is 0 Å². The SMILES string of the molecule is CCC(=O)NCCN1C(=O)C2(CC2)Oc2cc(C)c(C(=O)N(C(C)C)[C@@H]3CCCN(C(=O)OC(C)(C)C)C3)cc21.Cc1cc2c(cc1C(=O)N(C(C)C)[C@@H]1CCCN(C(=O)OC(C)(C)C)C1)N(CCN)C(=O)C1(CC1)O2. The third-order valence-electron chi connectivity index (χ3n) is 14.7. The molecule has 0 aromatic heterocycles. The van der Waals surface area contributed by atoms with E-state index >= 15 is 0 Å². The summed E-state index contributed by atoms with van der Waals surface area (Å²) in [6.45, 7) is 27.9. The summed E-state index contributed by atoms with van der Waals surface area (Å²) in [5.41, 5.74) is 6.77. The number of piperidine rings is 2. The average molecular weight is 1060 g/mol. The van der Waals surface area contributed by atoms with E-state index in [1.165, 1.54) is 0 Å². The van der Waals surface area contributed by atoms with Crippen molar-refractivity contribution in [3.05, 3.63) is 46.5 Å². The van der Waals surface area contributed by atoms with Crippen LogP contribution in [0.5, 0.6) is 11.5 Å². The number of nitrogens with zero attached hydrogens (tertiary/aromatic N) is 6. The van der Waals surface area contributed by atoms with Gasteiger partial charge in [-0.05, 0) is 144 Å². The van der Waals surface area contributed by atoms with Gasteiger partial charge in [-0.25, -0.2) is 9.59 Å². The fraction of sp³-hybridized carbons (Fsp3) is 0.667. The molecule has 2 spiro atoms. The Bertz CT molecular complexity index is 2560. The van der Waals surface area contributed by atoms with E-state index in [9.17, 15) is 33.6 Å². The quantitative estimate of drug-likeness (QED) is 0.212. The number of carbonyl (C=O) groups excluding carboxylic acids is 7. The summed E-state index contributed by atoms with van der Waals surface area (Å²) in [6, 6.07) is 6.75.